The fraction of sp³-hybridized carbons (Fsp3) is 0.167. The van der Waals surface area contributed by atoms with E-state index in [0.29, 0.717) is 23.8 Å². The molecule has 0 bridgehead atoms. The number of hydrogen-bond donors (Lipinski definition) is 1. The lowest BCUT2D eigenvalue weighted by Crippen LogP contribution is -2.05. The average molecular weight is 307 g/mol. The van der Waals surface area contributed by atoms with Crippen LogP contribution in [-0.4, -0.2) is 15.9 Å². The number of hydrogen-bond acceptors (Lipinski definition) is 5. The highest BCUT2D eigenvalue weighted by Gasteiger charge is 2.10. The van der Waals surface area contributed by atoms with E-state index in [9.17, 15) is 4.79 Å². The monoisotopic (exact) mass is 307 g/mol. The van der Waals surface area contributed by atoms with Crippen molar-refractivity contribution >= 4 is 11.5 Å². The number of aryl methyl sites for hydroxylation is 1. The zero-order valence-corrected chi connectivity index (χ0v) is 13.0. The van der Waals surface area contributed by atoms with E-state index >= 15 is 0 Å². The van der Waals surface area contributed by atoms with Gasteiger partial charge in [0.25, 0.3) is 0 Å². The number of para-hydroxylation sites is 1. The number of Topliss-reactive ketones (excluding diaryl/α,β-unsaturated/α-hetero) is 1. The van der Waals surface area contributed by atoms with Crippen molar-refractivity contribution in [2.45, 2.75) is 20.4 Å². The number of ketones is 1. The van der Waals surface area contributed by atoms with Crippen LogP contribution >= 0.6 is 0 Å². The van der Waals surface area contributed by atoms with E-state index in [0.717, 1.165) is 11.3 Å². The number of nitrogens with one attached hydrogen (secondary N) is 1. The Kier molecular flexibility index (Phi) is 4.19. The maximum absolute atomic E-state index is 11.6. The van der Waals surface area contributed by atoms with E-state index in [2.05, 4.69) is 15.5 Å². The molecule has 0 aliphatic rings. The van der Waals surface area contributed by atoms with Crippen LogP contribution in [0.25, 0.3) is 11.4 Å². The predicted octanol–water partition coefficient (Wildman–Crippen LogP) is 3.86. The van der Waals surface area contributed by atoms with Gasteiger partial charge in [-0.3, -0.25) is 4.79 Å². The lowest BCUT2D eigenvalue weighted by molar-refractivity contribution is 0.101. The molecule has 0 atom stereocenters. The van der Waals surface area contributed by atoms with Crippen molar-refractivity contribution < 1.29 is 9.32 Å². The molecule has 1 heterocycles. The molecular weight excluding hydrogens is 290 g/mol. The van der Waals surface area contributed by atoms with E-state index in [4.69, 9.17) is 4.52 Å². The first-order valence-corrected chi connectivity index (χ1v) is 7.37. The standard InChI is InChI=1S/C18H17N3O2/c1-12-7-9-14(10-8-12)18-20-17(23-21-18)11-19-16-6-4-3-5-15(16)13(2)22/h3-10,19H,11H2,1-2H3. The molecule has 0 fully saturated rings. The Balaban J connectivity index is 1.73. The number of carbonyl (C=O) groups excluding carboxylic acids is 1. The van der Waals surface area contributed by atoms with Crippen molar-refractivity contribution in [3.8, 4) is 11.4 Å². The molecule has 0 aliphatic carbocycles. The van der Waals surface area contributed by atoms with E-state index < -0.39 is 0 Å². The van der Waals surface area contributed by atoms with Crippen molar-refractivity contribution in [3.63, 3.8) is 0 Å². The van der Waals surface area contributed by atoms with Gasteiger partial charge in [0.1, 0.15) is 0 Å². The second-order valence-corrected chi connectivity index (χ2v) is 5.33. The summed E-state index contributed by atoms with van der Waals surface area (Å²) in [5.74, 6) is 1.04. The molecule has 0 radical (unpaired) electrons. The summed E-state index contributed by atoms with van der Waals surface area (Å²) in [7, 11) is 0. The summed E-state index contributed by atoms with van der Waals surface area (Å²) in [5, 5.41) is 7.16. The zero-order valence-electron chi connectivity index (χ0n) is 13.0. The molecule has 0 aliphatic heterocycles. The van der Waals surface area contributed by atoms with Gasteiger partial charge in [0.2, 0.25) is 11.7 Å². The van der Waals surface area contributed by atoms with Gasteiger partial charge in [-0.25, -0.2) is 0 Å². The van der Waals surface area contributed by atoms with Gasteiger partial charge in [-0.15, -0.1) is 0 Å². The molecule has 0 saturated heterocycles. The highest BCUT2D eigenvalue weighted by molar-refractivity contribution is 5.99. The van der Waals surface area contributed by atoms with Gasteiger partial charge in [-0.05, 0) is 26.0 Å². The van der Waals surface area contributed by atoms with E-state index in [1.165, 1.54) is 5.56 Å². The highest BCUT2D eigenvalue weighted by atomic mass is 16.5. The van der Waals surface area contributed by atoms with Crippen LogP contribution in [0.1, 0.15) is 28.7 Å². The van der Waals surface area contributed by atoms with E-state index in [1.54, 1.807) is 13.0 Å². The fourth-order valence-electron chi connectivity index (χ4n) is 2.26. The van der Waals surface area contributed by atoms with Crippen LogP contribution in [0.15, 0.2) is 53.1 Å². The smallest absolute Gasteiger partial charge is 0.246 e. The number of nitrogens with zero attached hydrogens (tertiary/aromatic N) is 2. The molecule has 5 heteroatoms. The Labute approximate surface area is 134 Å². The number of benzene rings is 2. The van der Waals surface area contributed by atoms with Gasteiger partial charge >= 0.3 is 0 Å². The van der Waals surface area contributed by atoms with Crippen LogP contribution in [0.3, 0.4) is 0 Å². The SMILES string of the molecule is CC(=O)c1ccccc1NCc1nc(-c2ccc(C)cc2)no1. The van der Waals surface area contributed by atoms with Gasteiger partial charge in [0, 0.05) is 16.8 Å². The second-order valence-electron chi connectivity index (χ2n) is 5.33. The predicted molar refractivity (Wildman–Crippen MR) is 88.2 cm³/mol. The van der Waals surface area contributed by atoms with Gasteiger partial charge in [-0.2, -0.15) is 4.98 Å². The summed E-state index contributed by atoms with van der Waals surface area (Å²) in [6, 6.07) is 15.3. The zero-order chi connectivity index (χ0) is 16.2. The van der Waals surface area contributed by atoms with Crippen LogP contribution in [0.2, 0.25) is 0 Å². The number of rotatable bonds is 5. The average Bonchev–Trinajstić information content (AvgIpc) is 3.03. The molecule has 5 nitrogen and oxygen atoms in total. The van der Waals surface area contributed by atoms with Gasteiger partial charge in [0.05, 0.1) is 6.54 Å². The molecule has 0 amide bonds. The summed E-state index contributed by atoms with van der Waals surface area (Å²) < 4.78 is 5.26. The third-order valence-corrected chi connectivity index (χ3v) is 3.51. The van der Waals surface area contributed by atoms with Crippen molar-refractivity contribution in [1.29, 1.82) is 0 Å². The Morgan fingerprint density at radius 1 is 1.13 bits per heavy atom. The number of carbonyl (C=O) groups is 1. The topological polar surface area (TPSA) is 68.0 Å². The minimum Gasteiger partial charge on any atom is -0.376 e. The lowest BCUT2D eigenvalue weighted by atomic mass is 10.1. The van der Waals surface area contributed by atoms with Crippen LogP contribution < -0.4 is 5.32 Å². The number of anilines is 1. The first-order chi connectivity index (χ1) is 11.1. The lowest BCUT2D eigenvalue weighted by Gasteiger charge is -2.07. The maximum Gasteiger partial charge on any atom is 0.246 e. The molecule has 2 aromatic carbocycles. The van der Waals surface area contributed by atoms with Crippen LogP contribution in [-0.2, 0) is 6.54 Å². The minimum atomic E-state index is 0.0129. The van der Waals surface area contributed by atoms with Crippen molar-refractivity contribution in [2.75, 3.05) is 5.32 Å². The number of aromatic nitrogens is 2. The summed E-state index contributed by atoms with van der Waals surface area (Å²) >= 11 is 0. The largest absolute Gasteiger partial charge is 0.376 e. The minimum absolute atomic E-state index is 0.0129. The summed E-state index contributed by atoms with van der Waals surface area (Å²) in [5.41, 5.74) is 3.50. The fourth-order valence-corrected chi connectivity index (χ4v) is 2.26. The van der Waals surface area contributed by atoms with E-state index in [-0.39, 0.29) is 5.78 Å². The Bertz CT molecular complexity index is 822. The third kappa shape index (κ3) is 3.45. The quantitative estimate of drug-likeness (QED) is 0.725. The molecule has 116 valence electrons. The van der Waals surface area contributed by atoms with Gasteiger partial charge < -0.3 is 9.84 Å². The van der Waals surface area contributed by atoms with E-state index in [1.807, 2.05) is 49.4 Å². The molecule has 3 aromatic rings. The molecule has 0 spiro atoms. The van der Waals surface area contributed by atoms with Crippen LogP contribution in [0, 0.1) is 6.92 Å². The summed E-state index contributed by atoms with van der Waals surface area (Å²) in [6.45, 7) is 3.94. The first-order valence-electron chi connectivity index (χ1n) is 7.37. The van der Waals surface area contributed by atoms with Crippen molar-refractivity contribution in [1.82, 2.24) is 10.1 Å². The van der Waals surface area contributed by atoms with Crippen LogP contribution in [0.5, 0.6) is 0 Å². The Morgan fingerprint density at radius 3 is 2.61 bits per heavy atom. The summed E-state index contributed by atoms with van der Waals surface area (Å²) in [6.07, 6.45) is 0. The summed E-state index contributed by atoms with van der Waals surface area (Å²) in [4.78, 5) is 16.0. The van der Waals surface area contributed by atoms with Crippen LogP contribution in [0.4, 0.5) is 5.69 Å². The molecule has 1 N–H and O–H groups in total. The first kappa shape index (κ1) is 15.0. The molecule has 0 saturated carbocycles. The van der Waals surface area contributed by atoms with Gasteiger partial charge in [0.15, 0.2) is 5.78 Å². The molecule has 23 heavy (non-hydrogen) atoms. The third-order valence-electron chi connectivity index (χ3n) is 3.51. The second kappa shape index (κ2) is 6.44. The molecule has 3 rings (SSSR count). The molecular formula is C18H17N3O2. The Morgan fingerprint density at radius 2 is 1.87 bits per heavy atom. The maximum atomic E-state index is 11.6. The molecule has 1 aromatic heterocycles. The Hall–Kier alpha value is -2.95. The van der Waals surface area contributed by atoms with Crippen molar-refractivity contribution in [2.24, 2.45) is 0 Å². The van der Waals surface area contributed by atoms with Crippen molar-refractivity contribution in [3.05, 3.63) is 65.5 Å². The van der Waals surface area contributed by atoms with Gasteiger partial charge in [-0.1, -0.05) is 47.1 Å². The highest BCUT2D eigenvalue weighted by Crippen LogP contribution is 2.19. The molecule has 0 unspecified atom stereocenters. The normalized spacial score (nSPS) is 10.5.